The van der Waals surface area contributed by atoms with Gasteiger partial charge in [-0.25, -0.2) is 0 Å². The van der Waals surface area contributed by atoms with Crippen molar-refractivity contribution in [3.8, 4) is 0 Å². The van der Waals surface area contributed by atoms with E-state index in [1.807, 2.05) is 18.2 Å². The normalized spacial score (nSPS) is 19.2. The molecular formula is C14H10BrClN2O2. The van der Waals surface area contributed by atoms with E-state index in [0.29, 0.717) is 23.4 Å². The molecule has 1 atom stereocenters. The molecule has 0 spiro atoms. The molecular weight excluding hydrogens is 344 g/mol. The lowest BCUT2D eigenvalue weighted by Crippen LogP contribution is -2.39. The fourth-order valence-electron chi connectivity index (χ4n) is 2.38. The Kier molecular flexibility index (Phi) is 3.48. The molecule has 20 heavy (non-hydrogen) atoms. The van der Waals surface area contributed by atoms with Gasteiger partial charge in [-0.05, 0) is 24.6 Å². The second-order valence-corrected chi connectivity index (χ2v) is 5.99. The first-order valence-corrected chi connectivity index (χ1v) is 7.30. The fraction of sp³-hybridized carbons (Fsp3) is 0.214. The van der Waals surface area contributed by atoms with Gasteiger partial charge in [-0.2, -0.15) is 0 Å². The molecule has 2 amide bonds. The lowest BCUT2D eigenvalue weighted by Gasteiger charge is -2.22. The van der Waals surface area contributed by atoms with E-state index in [1.54, 1.807) is 6.20 Å². The minimum absolute atomic E-state index is 0.237. The van der Waals surface area contributed by atoms with Gasteiger partial charge in [0.25, 0.3) is 0 Å². The Morgan fingerprint density at radius 1 is 1.35 bits per heavy atom. The van der Waals surface area contributed by atoms with Gasteiger partial charge >= 0.3 is 0 Å². The third-order valence-corrected chi connectivity index (χ3v) is 4.32. The number of rotatable bonds is 1. The minimum Gasteiger partial charge on any atom is -0.296 e. The van der Waals surface area contributed by atoms with Gasteiger partial charge in [0.05, 0.1) is 16.5 Å². The minimum atomic E-state index is -0.420. The molecule has 0 bridgehead atoms. The molecule has 1 aliphatic rings. The summed E-state index contributed by atoms with van der Waals surface area (Å²) in [5.41, 5.74) is 1.44. The number of imide groups is 1. The monoisotopic (exact) mass is 352 g/mol. The van der Waals surface area contributed by atoms with Gasteiger partial charge < -0.3 is 0 Å². The topological polar surface area (TPSA) is 59.1 Å². The summed E-state index contributed by atoms with van der Waals surface area (Å²) in [5.74, 6) is -0.964. The number of amides is 2. The van der Waals surface area contributed by atoms with Crippen LogP contribution in [0.25, 0.3) is 10.9 Å². The quantitative estimate of drug-likeness (QED) is 0.801. The number of aromatic nitrogens is 1. The highest BCUT2D eigenvalue weighted by Crippen LogP contribution is 2.35. The van der Waals surface area contributed by atoms with Crippen molar-refractivity contribution in [2.45, 2.75) is 18.8 Å². The van der Waals surface area contributed by atoms with Gasteiger partial charge in [0.1, 0.15) is 0 Å². The van der Waals surface area contributed by atoms with Crippen LogP contribution in [0.5, 0.6) is 0 Å². The van der Waals surface area contributed by atoms with E-state index in [9.17, 15) is 9.59 Å². The van der Waals surface area contributed by atoms with Crippen LogP contribution in [0.1, 0.15) is 24.3 Å². The predicted octanol–water partition coefficient (Wildman–Crippen LogP) is 3.17. The second kappa shape index (κ2) is 5.14. The van der Waals surface area contributed by atoms with Crippen molar-refractivity contribution in [2.24, 2.45) is 0 Å². The molecule has 1 N–H and O–H groups in total. The predicted molar refractivity (Wildman–Crippen MR) is 79.6 cm³/mol. The summed E-state index contributed by atoms with van der Waals surface area (Å²) in [4.78, 5) is 27.5. The summed E-state index contributed by atoms with van der Waals surface area (Å²) in [5, 5.41) is 3.65. The zero-order valence-electron chi connectivity index (χ0n) is 10.3. The zero-order valence-corrected chi connectivity index (χ0v) is 12.7. The van der Waals surface area contributed by atoms with Crippen LogP contribution in [0, 0.1) is 0 Å². The van der Waals surface area contributed by atoms with Crippen LogP contribution in [0.3, 0.4) is 0 Å². The van der Waals surface area contributed by atoms with Crippen LogP contribution >= 0.6 is 27.5 Å². The Balaban J connectivity index is 2.10. The van der Waals surface area contributed by atoms with E-state index in [2.05, 4.69) is 26.2 Å². The number of piperidine rings is 1. The highest BCUT2D eigenvalue weighted by Gasteiger charge is 2.30. The van der Waals surface area contributed by atoms with E-state index < -0.39 is 5.92 Å². The van der Waals surface area contributed by atoms with Crippen molar-refractivity contribution in [3.05, 3.63) is 39.5 Å². The Labute approximate surface area is 128 Å². The molecule has 1 unspecified atom stereocenters. The maximum absolute atomic E-state index is 11.9. The SMILES string of the molecule is O=C1CCC(c2cnc3ccc(Br)cc3c2Cl)C(=O)N1. The van der Waals surface area contributed by atoms with Crippen LogP contribution in [0.15, 0.2) is 28.9 Å². The molecule has 1 fully saturated rings. The van der Waals surface area contributed by atoms with Crippen molar-refractivity contribution in [1.82, 2.24) is 10.3 Å². The van der Waals surface area contributed by atoms with Crippen LogP contribution in [-0.4, -0.2) is 16.8 Å². The Bertz CT molecular complexity index is 732. The van der Waals surface area contributed by atoms with Gasteiger partial charge in [0, 0.05) is 28.0 Å². The standard InChI is InChI=1S/C14H10BrClN2O2/c15-7-1-3-11-9(5-7)13(16)10(6-17-11)8-2-4-12(19)18-14(8)20/h1,3,5-6,8H,2,4H2,(H,18,19,20). The van der Waals surface area contributed by atoms with Gasteiger partial charge in [0.2, 0.25) is 11.8 Å². The maximum atomic E-state index is 11.9. The number of pyridine rings is 1. The molecule has 1 aromatic heterocycles. The molecule has 4 nitrogen and oxygen atoms in total. The summed E-state index contributed by atoms with van der Waals surface area (Å²) >= 11 is 9.82. The summed E-state index contributed by atoms with van der Waals surface area (Å²) in [7, 11) is 0. The molecule has 2 aromatic rings. The lowest BCUT2D eigenvalue weighted by molar-refractivity contribution is -0.134. The average molecular weight is 354 g/mol. The van der Waals surface area contributed by atoms with E-state index in [-0.39, 0.29) is 11.8 Å². The van der Waals surface area contributed by atoms with E-state index in [4.69, 9.17) is 11.6 Å². The molecule has 1 aliphatic heterocycles. The third-order valence-electron chi connectivity index (χ3n) is 3.41. The fourth-order valence-corrected chi connectivity index (χ4v) is 3.07. The largest absolute Gasteiger partial charge is 0.296 e. The molecule has 102 valence electrons. The first-order chi connectivity index (χ1) is 9.56. The van der Waals surface area contributed by atoms with E-state index in [1.165, 1.54) is 0 Å². The maximum Gasteiger partial charge on any atom is 0.234 e. The number of nitrogens with zero attached hydrogens (tertiary/aromatic N) is 1. The summed E-state index contributed by atoms with van der Waals surface area (Å²) in [6.07, 6.45) is 2.41. The van der Waals surface area contributed by atoms with Gasteiger partial charge in [-0.3, -0.25) is 19.9 Å². The summed E-state index contributed by atoms with van der Waals surface area (Å²) in [6, 6.07) is 5.62. The second-order valence-electron chi connectivity index (χ2n) is 4.69. The number of hydrogen-bond acceptors (Lipinski definition) is 3. The Hall–Kier alpha value is -1.46. The first kappa shape index (κ1) is 13.5. The number of fused-ring (bicyclic) bond motifs is 1. The van der Waals surface area contributed by atoms with Crippen molar-refractivity contribution >= 4 is 50.2 Å². The molecule has 3 rings (SSSR count). The van der Waals surface area contributed by atoms with Crippen LogP contribution in [-0.2, 0) is 9.59 Å². The summed E-state index contributed by atoms with van der Waals surface area (Å²) in [6.45, 7) is 0. The highest BCUT2D eigenvalue weighted by molar-refractivity contribution is 9.10. The smallest absolute Gasteiger partial charge is 0.234 e. The van der Waals surface area contributed by atoms with E-state index >= 15 is 0 Å². The van der Waals surface area contributed by atoms with Crippen molar-refractivity contribution < 1.29 is 9.59 Å². The molecule has 1 saturated heterocycles. The number of halogens is 2. The van der Waals surface area contributed by atoms with Crippen LogP contribution in [0.4, 0.5) is 0 Å². The summed E-state index contributed by atoms with van der Waals surface area (Å²) < 4.78 is 0.897. The lowest BCUT2D eigenvalue weighted by atomic mass is 9.91. The molecule has 1 aromatic carbocycles. The number of benzene rings is 1. The molecule has 0 aliphatic carbocycles. The number of carbonyl (C=O) groups excluding carboxylic acids is 2. The van der Waals surface area contributed by atoms with Gasteiger partial charge in [-0.15, -0.1) is 0 Å². The third kappa shape index (κ3) is 2.31. The van der Waals surface area contributed by atoms with Crippen LogP contribution < -0.4 is 5.32 Å². The van der Waals surface area contributed by atoms with Crippen molar-refractivity contribution in [2.75, 3.05) is 0 Å². The Morgan fingerprint density at radius 2 is 2.15 bits per heavy atom. The van der Waals surface area contributed by atoms with Crippen molar-refractivity contribution in [3.63, 3.8) is 0 Å². The highest BCUT2D eigenvalue weighted by atomic mass is 79.9. The average Bonchev–Trinajstić information content (AvgIpc) is 2.41. The molecule has 2 heterocycles. The number of nitrogens with one attached hydrogen (secondary N) is 1. The number of carbonyl (C=O) groups is 2. The molecule has 6 heteroatoms. The van der Waals surface area contributed by atoms with Crippen LogP contribution in [0.2, 0.25) is 5.02 Å². The first-order valence-electron chi connectivity index (χ1n) is 6.13. The van der Waals surface area contributed by atoms with Gasteiger partial charge in [0.15, 0.2) is 0 Å². The molecule has 0 radical (unpaired) electrons. The van der Waals surface area contributed by atoms with Gasteiger partial charge in [-0.1, -0.05) is 27.5 Å². The zero-order chi connectivity index (χ0) is 14.3. The van der Waals surface area contributed by atoms with E-state index in [0.717, 1.165) is 15.4 Å². The number of hydrogen-bond donors (Lipinski definition) is 1. The molecule has 0 saturated carbocycles. The Morgan fingerprint density at radius 3 is 2.90 bits per heavy atom. The van der Waals surface area contributed by atoms with Crippen molar-refractivity contribution in [1.29, 1.82) is 0 Å².